The van der Waals surface area contributed by atoms with Gasteiger partial charge in [0.2, 0.25) is 5.91 Å². The van der Waals surface area contributed by atoms with E-state index in [2.05, 4.69) is 5.32 Å². The number of carbonyl (C=O) groups is 2. The zero-order valence-electron chi connectivity index (χ0n) is 18.9. The molecule has 0 aliphatic carbocycles. The maximum atomic E-state index is 13.3. The van der Waals surface area contributed by atoms with Crippen molar-refractivity contribution in [3.05, 3.63) is 53.6 Å². The fourth-order valence-electron chi connectivity index (χ4n) is 4.10. The molecule has 172 valence electrons. The first kappa shape index (κ1) is 23.4. The molecule has 0 bridgehead atoms. The van der Waals surface area contributed by atoms with Gasteiger partial charge in [-0.3, -0.25) is 9.59 Å². The minimum Gasteiger partial charge on any atom is -0.497 e. The molecule has 8 nitrogen and oxygen atoms in total. The summed E-state index contributed by atoms with van der Waals surface area (Å²) < 4.78 is 21.4. The number of amides is 2. The van der Waals surface area contributed by atoms with Crippen LogP contribution in [0.5, 0.6) is 17.2 Å². The van der Waals surface area contributed by atoms with Gasteiger partial charge in [-0.1, -0.05) is 18.2 Å². The largest absolute Gasteiger partial charge is 0.497 e. The van der Waals surface area contributed by atoms with Crippen molar-refractivity contribution >= 4 is 11.8 Å². The zero-order chi connectivity index (χ0) is 23.1. The molecule has 0 unspecified atom stereocenters. The van der Waals surface area contributed by atoms with Crippen molar-refractivity contribution in [3.63, 3.8) is 0 Å². The van der Waals surface area contributed by atoms with Crippen molar-refractivity contribution in [2.75, 3.05) is 54.7 Å². The van der Waals surface area contributed by atoms with Crippen LogP contribution in [0.1, 0.15) is 21.8 Å². The molecule has 1 fully saturated rings. The standard InChI is InChI=1S/C24H30N2O6/c1-29-12-11-25-23(27)20-15-26(24(28)16-7-5-8-17(13-16)30-2)14-19(20)18-9-6-10-21(31-3)22(18)32-4/h5-10,13,19-20H,11-12,14-15H2,1-4H3,(H,25,27)/t19-,20+/m1/s1. The normalized spacial score (nSPS) is 17.7. The third-order valence-electron chi connectivity index (χ3n) is 5.70. The molecule has 32 heavy (non-hydrogen) atoms. The Kier molecular flexibility index (Phi) is 7.94. The fraction of sp³-hybridized carbons (Fsp3) is 0.417. The minimum atomic E-state index is -0.442. The molecule has 1 saturated heterocycles. The summed E-state index contributed by atoms with van der Waals surface area (Å²) in [7, 11) is 6.29. The van der Waals surface area contributed by atoms with Crippen LogP contribution in [-0.2, 0) is 9.53 Å². The fourth-order valence-corrected chi connectivity index (χ4v) is 4.10. The van der Waals surface area contributed by atoms with Crippen molar-refractivity contribution < 1.29 is 28.5 Å². The maximum Gasteiger partial charge on any atom is 0.254 e. The van der Waals surface area contributed by atoms with E-state index in [9.17, 15) is 9.59 Å². The van der Waals surface area contributed by atoms with E-state index in [0.29, 0.717) is 49.1 Å². The molecule has 0 spiro atoms. The predicted molar refractivity (Wildman–Crippen MR) is 120 cm³/mol. The van der Waals surface area contributed by atoms with E-state index in [4.69, 9.17) is 18.9 Å². The smallest absolute Gasteiger partial charge is 0.254 e. The number of ether oxygens (including phenoxy) is 4. The van der Waals surface area contributed by atoms with E-state index in [1.807, 2.05) is 18.2 Å². The summed E-state index contributed by atoms with van der Waals surface area (Å²) in [6, 6.07) is 12.6. The highest BCUT2D eigenvalue weighted by Crippen LogP contribution is 2.42. The van der Waals surface area contributed by atoms with Gasteiger partial charge in [0.05, 0.1) is 33.9 Å². The number of likely N-dealkylation sites (tertiary alicyclic amines) is 1. The van der Waals surface area contributed by atoms with Gasteiger partial charge in [-0.25, -0.2) is 0 Å². The molecule has 1 aliphatic heterocycles. The van der Waals surface area contributed by atoms with Crippen LogP contribution >= 0.6 is 0 Å². The predicted octanol–water partition coefficient (Wildman–Crippen LogP) is 2.33. The number of hydrogen-bond donors (Lipinski definition) is 1. The van der Waals surface area contributed by atoms with Crippen LogP contribution in [-0.4, -0.2) is 71.4 Å². The minimum absolute atomic E-state index is 0.127. The summed E-state index contributed by atoms with van der Waals surface area (Å²) in [5.74, 6) is 0.793. The SMILES string of the molecule is COCCNC(=O)[C@H]1CN(C(=O)c2cccc(OC)c2)C[C@@H]1c1cccc(OC)c1OC. The second kappa shape index (κ2) is 10.9. The lowest BCUT2D eigenvalue weighted by molar-refractivity contribution is -0.125. The first-order valence-corrected chi connectivity index (χ1v) is 10.4. The summed E-state index contributed by atoms with van der Waals surface area (Å²) in [6.45, 7) is 1.48. The van der Waals surface area contributed by atoms with Gasteiger partial charge in [-0.2, -0.15) is 0 Å². The number of benzene rings is 2. The van der Waals surface area contributed by atoms with Crippen LogP contribution in [0.4, 0.5) is 0 Å². The van der Waals surface area contributed by atoms with Crippen molar-refractivity contribution in [1.82, 2.24) is 10.2 Å². The molecule has 0 radical (unpaired) electrons. The van der Waals surface area contributed by atoms with Gasteiger partial charge in [0.1, 0.15) is 5.75 Å². The monoisotopic (exact) mass is 442 g/mol. The van der Waals surface area contributed by atoms with Crippen molar-refractivity contribution in [2.24, 2.45) is 5.92 Å². The van der Waals surface area contributed by atoms with E-state index >= 15 is 0 Å². The Morgan fingerprint density at radius 3 is 2.47 bits per heavy atom. The van der Waals surface area contributed by atoms with Crippen molar-refractivity contribution in [1.29, 1.82) is 0 Å². The Morgan fingerprint density at radius 2 is 1.78 bits per heavy atom. The Bertz CT molecular complexity index is 948. The van der Waals surface area contributed by atoms with Gasteiger partial charge in [-0.05, 0) is 24.3 Å². The summed E-state index contributed by atoms with van der Waals surface area (Å²) in [4.78, 5) is 28.0. The number of para-hydroxylation sites is 1. The van der Waals surface area contributed by atoms with Crippen LogP contribution in [0.15, 0.2) is 42.5 Å². The molecular weight excluding hydrogens is 412 g/mol. The van der Waals surface area contributed by atoms with Crippen LogP contribution in [0.25, 0.3) is 0 Å². The quantitative estimate of drug-likeness (QED) is 0.600. The third kappa shape index (κ3) is 4.96. The first-order chi connectivity index (χ1) is 15.5. The molecule has 2 aromatic rings. The third-order valence-corrected chi connectivity index (χ3v) is 5.70. The summed E-state index contributed by atoms with van der Waals surface area (Å²) in [5, 5.41) is 2.91. The molecule has 2 aromatic carbocycles. The van der Waals surface area contributed by atoms with Crippen LogP contribution in [0.2, 0.25) is 0 Å². The molecular formula is C24H30N2O6. The van der Waals surface area contributed by atoms with Gasteiger partial charge < -0.3 is 29.2 Å². The number of rotatable bonds is 9. The number of nitrogens with zero attached hydrogens (tertiary/aromatic N) is 1. The first-order valence-electron chi connectivity index (χ1n) is 10.4. The van der Waals surface area contributed by atoms with Gasteiger partial charge >= 0.3 is 0 Å². The number of hydrogen-bond acceptors (Lipinski definition) is 6. The molecule has 1 heterocycles. The zero-order valence-corrected chi connectivity index (χ0v) is 18.9. The van der Waals surface area contributed by atoms with Gasteiger partial charge in [0.25, 0.3) is 5.91 Å². The average molecular weight is 443 g/mol. The van der Waals surface area contributed by atoms with Gasteiger partial charge in [0.15, 0.2) is 11.5 Å². The van der Waals surface area contributed by atoms with Crippen LogP contribution < -0.4 is 19.5 Å². The average Bonchev–Trinajstić information content (AvgIpc) is 3.28. The molecule has 1 N–H and O–H groups in total. The Balaban J connectivity index is 1.92. The second-order valence-corrected chi connectivity index (χ2v) is 7.52. The van der Waals surface area contributed by atoms with E-state index in [-0.39, 0.29) is 17.7 Å². The van der Waals surface area contributed by atoms with Crippen molar-refractivity contribution in [2.45, 2.75) is 5.92 Å². The van der Waals surface area contributed by atoms with E-state index in [1.54, 1.807) is 57.6 Å². The molecule has 2 atom stereocenters. The number of nitrogens with one attached hydrogen (secondary N) is 1. The summed E-state index contributed by atoms with van der Waals surface area (Å²) >= 11 is 0. The Morgan fingerprint density at radius 1 is 1.00 bits per heavy atom. The maximum absolute atomic E-state index is 13.3. The van der Waals surface area contributed by atoms with Crippen molar-refractivity contribution in [3.8, 4) is 17.2 Å². The van der Waals surface area contributed by atoms with E-state index < -0.39 is 5.92 Å². The van der Waals surface area contributed by atoms with Gasteiger partial charge in [0, 0.05) is 43.8 Å². The molecule has 0 aromatic heterocycles. The lowest BCUT2D eigenvalue weighted by Gasteiger charge is -2.21. The van der Waals surface area contributed by atoms with Crippen LogP contribution in [0, 0.1) is 5.92 Å². The van der Waals surface area contributed by atoms with Gasteiger partial charge in [-0.15, -0.1) is 0 Å². The number of carbonyl (C=O) groups excluding carboxylic acids is 2. The topological polar surface area (TPSA) is 86.3 Å². The summed E-state index contributed by atoms with van der Waals surface area (Å²) in [6.07, 6.45) is 0. The molecule has 8 heteroatoms. The highest BCUT2D eigenvalue weighted by atomic mass is 16.5. The Hall–Kier alpha value is -3.26. The highest BCUT2D eigenvalue weighted by molar-refractivity contribution is 5.95. The lowest BCUT2D eigenvalue weighted by atomic mass is 9.87. The molecule has 2 amide bonds. The summed E-state index contributed by atoms with van der Waals surface area (Å²) in [5.41, 5.74) is 1.35. The molecule has 1 aliphatic rings. The van der Waals surface area contributed by atoms with Crippen LogP contribution in [0.3, 0.4) is 0 Å². The van der Waals surface area contributed by atoms with E-state index in [0.717, 1.165) is 5.56 Å². The number of methoxy groups -OCH3 is 4. The Labute approximate surface area is 188 Å². The van der Waals surface area contributed by atoms with E-state index in [1.165, 1.54) is 0 Å². The lowest BCUT2D eigenvalue weighted by Crippen LogP contribution is -2.37. The molecule has 3 rings (SSSR count). The second-order valence-electron chi connectivity index (χ2n) is 7.52. The highest BCUT2D eigenvalue weighted by Gasteiger charge is 2.42. The molecule has 0 saturated carbocycles.